The lowest BCUT2D eigenvalue weighted by Gasteiger charge is -2.19. The van der Waals surface area contributed by atoms with Crippen LogP contribution in [0.4, 0.5) is 0 Å². The number of rotatable bonds is 6. The summed E-state index contributed by atoms with van der Waals surface area (Å²) in [4.78, 5) is 27.9. The molecule has 2 fully saturated rings. The number of primary amides is 1. The Kier molecular flexibility index (Phi) is 3.98. The summed E-state index contributed by atoms with van der Waals surface area (Å²) in [7, 11) is 1.49. The number of nitrogens with one attached hydrogen (secondary N) is 1. The van der Waals surface area contributed by atoms with Gasteiger partial charge in [0.1, 0.15) is 5.75 Å². The Labute approximate surface area is 157 Å². The summed E-state index contributed by atoms with van der Waals surface area (Å²) in [5, 5.41) is 4.61. The van der Waals surface area contributed by atoms with E-state index in [0.717, 1.165) is 17.2 Å². The summed E-state index contributed by atoms with van der Waals surface area (Å²) in [6.07, 6.45) is 2.36. The zero-order chi connectivity index (χ0) is 19.3. The zero-order valence-corrected chi connectivity index (χ0v) is 15.6. The van der Waals surface area contributed by atoms with Crippen LogP contribution >= 0.6 is 0 Å². The van der Waals surface area contributed by atoms with E-state index < -0.39 is 5.91 Å². The fourth-order valence-corrected chi connectivity index (χ4v) is 4.48. The van der Waals surface area contributed by atoms with Crippen LogP contribution in [0, 0.1) is 17.3 Å². The van der Waals surface area contributed by atoms with E-state index in [0.29, 0.717) is 29.7 Å². The Balaban J connectivity index is 1.51. The SMILES string of the molecule is COc1cc2c(OCC[C@H]3NC(=O)[C@H]4[C@@H]3C4(C)C)nccc2cc1C(N)=O. The third-order valence-corrected chi connectivity index (χ3v) is 5.94. The van der Waals surface area contributed by atoms with Crippen LogP contribution in [-0.4, -0.2) is 36.6 Å². The van der Waals surface area contributed by atoms with E-state index in [9.17, 15) is 9.59 Å². The van der Waals surface area contributed by atoms with E-state index in [-0.39, 0.29) is 23.3 Å². The van der Waals surface area contributed by atoms with Crippen LogP contribution in [0.1, 0.15) is 30.6 Å². The summed E-state index contributed by atoms with van der Waals surface area (Å²) >= 11 is 0. The average molecular weight is 369 g/mol. The first-order valence-electron chi connectivity index (χ1n) is 9.04. The molecule has 4 rings (SSSR count). The molecule has 0 bridgehead atoms. The molecule has 1 saturated heterocycles. The summed E-state index contributed by atoms with van der Waals surface area (Å²) < 4.78 is 11.2. The molecule has 27 heavy (non-hydrogen) atoms. The quantitative estimate of drug-likeness (QED) is 0.809. The standard InChI is InChI=1S/C20H23N3O4/c1-20(2)15-13(23-18(25)16(15)20)5-7-27-19-11-9-14(26-3)12(17(21)24)8-10(11)4-6-22-19/h4,6,8-9,13,15-16H,5,7H2,1-3H3,(H2,21,24)(H,23,25)/t13-,15-,16-/m1/s1. The van der Waals surface area contributed by atoms with Crippen molar-refractivity contribution in [1.29, 1.82) is 0 Å². The lowest BCUT2D eigenvalue weighted by Crippen LogP contribution is -2.35. The maximum absolute atomic E-state index is 12.0. The van der Waals surface area contributed by atoms with Crippen molar-refractivity contribution < 1.29 is 19.1 Å². The van der Waals surface area contributed by atoms with Gasteiger partial charge in [-0.05, 0) is 34.9 Å². The Morgan fingerprint density at radius 1 is 1.37 bits per heavy atom. The van der Waals surface area contributed by atoms with Crippen molar-refractivity contribution >= 4 is 22.6 Å². The molecule has 3 atom stereocenters. The summed E-state index contributed by atoms with van der Waals surface area (Å²) in [5.41, 5.74) is 5.82. The highest BCUT2D eigenvalue weighted by atomic mass is 16.5. The Morgan fingerprint density at radius 2 is 2.15 bits per heavy atom. The van der Waals surface area contributed by atoms with Gasteiger partial charge in [-0.1, -0.05) is 13.8 Å². The molecular formula is C20H23N3O4. The molecule has 1 aliphatic carbocycles. The van der Waals surface area contributed by atoms with Crippen LogP contribution < -0.4 is 20.5 Å². The molecule has 1 aromatic heterocycles. The Morgan fingerprint density at radius 3 is 2.78 bits per heavy atom. The van der Waals surface area contributed by atoms with E-state index in [4.69, 9.17) is 15.2 Å². The van der Waals surface area contributed by atoms with E-state index in [1.807, 2.05) is 0 Å². The van der Waals surface area contributed by atoms with Crippen LogP contribution in [0.5, 0.6) is 11.6 Å². The number of carbonyl (C=O) groups is 2. The average Bonchev–Trinajstić information content (AvgIpc) is 3.02. The second-order valence-electron chi connectivity index (χ2n) is 7.83. The minimum absolute atomic E-state index is 0.0865. The molecule has 142 valence electrons. The second kappa shape index (κ2) is 6.11. The molecule has 0 unspecified atom stereocenters. The Bertz CT molecular complexity index is 940. The largest absolute Gasteiger partial charge is 0.496 e. The first-order valence-corrected chi connectivity index (χ1v) is 9.04. The van der Waals surface area contributed by atoms with Crippen molar-refractivity contribution in [2.75, 3.05) is 13.7 Å². The topological polar surface area (TPSA) is 104 Å². The third kappa shape index (κ3) is 2.78. The summed E-state index contributed by atoms with van der Waals surface area (Å²) in [5.74, 6) is 0.979. The Hall–Kier alpha value is -2.83. The van der Waals surface area contributed by atoms with E-state index in [1.165, 1.54) is 7.11 Å². The van der Waals surface area contributed by atoms with Gasteiger partial charge in [0, 0.05) is 30.0 Å². The number of piperidine rings is 1. The fraction of sp³-hybridized carbons (Fsp3) is 0.450. The minimum Gasteiger partial charge on any atom is -0.496 e. The number of methoxy groups -OCH3 is 1. The fourth-order valence-electron chi connectivity index (χ4n) is 4.48. The number of nitrogens with two attached hydrogens (primary N) is 1. The molecular weight excluding hydrogens is 346 g/mol. The number of hydrogen-bond acceptors (Lipinski definition) is 5. The number of aromatic nitrogens is 1. The van der Waals surface area contributed by atoms with Gasteiger partial charge in [-0.2, -0.15) is 0 Å². The van der Waals surface area contributed by atoms with Crippen molar-refractivity contribution in [3.8, 4) is 11.6 Å². The third-order valence-electron chi connectivity index (χ3n) is 5.94. The molecule has 0 spiro atoms. The first-order chi connectivity index (χ1) is 12.8. The molecule has 1 aromatic carbocycles. The highest BCUT2D eigenvalue weighted by Gasteiger charge is 2.68. The monoisotopic (exact) mass is 369 g/mol. The van der Waals surface area contributed by atoms with Crippen LogP contribution in [-0.2, 0) is 4.79 Å². The zero-order valence-electron chi connectivity index (χ0n) is 15.6. The molecule has 3 N–H and O–H groups in total. The lowest BCUT2D eigenvalue weighted by atomic mass is 10.0. The molecule has 2 aliphatic rings. The molecule has 7 nitrogen and oxygen atoms in total. The predicted octanol–water partition coefficient (Wildman–Crippen LogP) is 1.88. The second-order valence-corrected chi connectivity index (χ2v) is 7.83. The number of amides is 2. The number of carbonyl (C=O) groups excluding carboxylic acids is 2. The normalized spacial score (nSPS) is 25.0. The van der Waals surface area contributed by atoms with Gasteiger partial charge in [0.15, 0.2) is 0 Å². The number of nitrogens with zero attached hydrogens (tertiary/aromatic N) is 1. The molecule has 7 heteroatoms. The summed E-state index contributed by atoms with van der Waals surface area (Å²) in [6.45, 7) is 4.73. The highest BCUT2D eigenvalue weighted by Crippen LogP contribution is 2.63. The smallest absolute Gasteiger partial charge is 0.252 e. The molecule has 2 amide bonds. The van der Waals surface area contributed by atoms with Crippen LogP contribution in [0.15, 0.2) is 24.4 Å². The number of ether oxygens (including phenoxy) is 2. The highest BCUT2D eigenvalue weighted by molar-refractivity contribution is 6.01. The van der Waals surface area contributed by atoms with Gasteiger partial charge in [0.25, 0.3) is 5.91 Å². The van der Waals surface area contributed by atoms with Gasteiger partial charge in [-0.25, -0.2) is 4.98 Å². The maximum Gasteiger partial charge on any atom is 0.252 e. The molecule has 0 radical (unpaired) electrons. The number of hydrogen-bond donors (Lipinski definition) is 2. The van der Waals surface area contributed by atoms with Gasteiger partial charge in [-0.3, -0.25) is 9.59 Å². The summed E-state index contributed by atoms with van der Waals surface area (Å²) in [6, 6.07) is 5.33. The number of fused-ring (bicyclic) bond motifs is 2. The van der Waals surface area contributed by atoms with Gasteiger partial charge < -0.3 is 20.5 Å². The van der Waals surface area contributed by atoms with Crippen LogP contribution in [0.2, 0.25) is 0 Å². The number of benzene rings is 1. The predicted molar refractivity (Wildman–Crippen MR) is 99.6 cm³/mol. The lowest BCUT2D eigenvalue weighted by molar-refractivity contribution is -0.122. The van der Waals surface area contributed by atoms with Gasteiger partial charge in [0.05, 0.1) is 19.3 Å². The van der Waals surface area contributed by atoms with Crippen molar-refractivity contribution in [2.24, 2.45) is 23.0 Å². The van der Waals surface area contributed by atoms with E-state index in [1.54, 1.807) is 24.4 Å². The molecule has 2 heterocycles. The van der Waals surface area contributed by atoms with Crippen molar-refractivity contribution in [2.45, 2.75) is 26.3 Å². The van der Waals surface area contributed by atoms with Gasteiger partial charge in [0.2, 0.25) is 11.8 Å². The molecule has 1 aliphatic heterocycles. The van der Waals surface area contributed by atoms with E-state index >= 15 is 0 Å². The number of pyridine rings is 1. The van der Waals surface area contributed by atoms with Crippen molar-refractivity contribution in [3.05, 3.63) is 30.0 Å². The van der Waals surface area contributed by atoms with Crippen LogP contribution in [0.3, 0.4) is 0 Å². The maximum atomic E-state index is 12.0. The van der Waals surface area contributed by atoms with Crippen molar-refractivity contribution in [3.63, 3.8) is 0 Å². The van der Waals surface area contributed by atoms with Crippen LogP contribution in [0.25, 0.3) is 10.8 Å². The molecule has 1 saturated carbocycles. The van der Waals surface area contributed by atoms with Gasteiger partial charge >= 0.3 is 0 Å². The van der Waals surface area contributed by atoms with Gasteiger partial charge in [-0.15, -0.1) is 0 Å². The van der Waals surface area contributed by atoms with Crippen molar-refractivity contribution in [1.82, 2.24) is 10.3 Å². The van der Waals surface area contributed by atoms with E-state index in [2.05, 4.69) is 24.1 Å². The first kappa shape index (κ1) is 17.6. The molecule has 2 aromatic rings. The minimum atomic E-state index is -0.549.